The summed E-state index contributed by atoms with van der Waals surface area (Å²) < 4.78 is 7.18. The number of benzene rings is 2. The summed E-state index contributed by atoms with van der Waals surface area (Å²) in [7, 11) is 3.55. The van der Waals surface area contributed by atoms with E-state index in [1.54, 1.807) is 29.0 Å². The summed E-state index contributed by atoms with van der Waals surface area (Å²) >= 11 is 0. The van der Waals surface area contributed by atoms with Gasteiger partial charge in [-0.05, 0) is 29.8 Å². The van der Waals surface area contributed by atoms with E-state index in [1.807, 2.05) is 78.5 Å². The Balaban J connectivity index is 1.79. The van der Waals surface area contributed by atoms with Crippen LogP contribution in [-0.4, -0.2) is 53.0 Å². The molecule has 0 saturated carbocycles. The van der Waals surface area contributed by atoms with Crippen LogP contribution in [0.2, 0.25) is 0 Å². The Morgan fingerprint density at radius 2 is 1.55 bits per heavy atom. The van der Waals surface area contributed by atoms with Gasteiger partial charge < -0.3 is 19.1 Å². The first-order valence-corrected chi connectivity index (χ1v) is 10.3. The molecule has 3 rings (SSSR count). The third-order valence-corrected chi connectivity index (χ3v) is 5.17. The summed E-state index contributed by atoms with van der Waals surface area (Å²) in [6, 6.07) is 22.9. The second-order valence-electron chi connectivity index (χ2n) is 7.43. The highest BCUT2D eigenvalue weighted by atomic mass is 16.5. The van der Waals surface area contributed by atoms with Gasteiger partial charge in [-0.15, -0.1) is 0 Å². The smallest absolute Gasteiger partial charge is 0.254 e. The Bertz CT molecular complexity index is 970. The zero-order valence-corrected chi connectivity index (χ0v) is 18.1. The molecular formula is C25H29N3O3. The largest absolute Gasteiger partial charge is 0.383 e. The van der Waals surface area contributed by atoms with Crippen molar-refractivity contribution in [2.24, 2.45) is 7.05 Å². The van der Waals surface area contributed by atoms with Gasteiger partial charge in [-0.25, -0.2) is 0 Å². The van der Waals surface area contributed by atoms with Crippen LogP contribution in [0.4, 0.5) is 0 Å². The first-order valence-electron chi connectivity index (χ1n) is 10.3. The molecule has 162 valence electrons. The van der Waals surface area contributed by atoms with Crippen molar-refractivity contribution in [2.45, 2.75) is 13.1 Å². The molecule has 2 amide bonds. The molecule has 1 heterocycles. The molecule has 0 aliphatic heterocycles. The van der Waals surface area contributed by atoms with E-state index in [9.17, 15) is 9.59 Å². The Hall–Kier alpha value is -3.38. The van der Waals surface area contributed by atoms with Crippen molar-refractivity contribution >= 4 is 11.8 Å². The van der Waals surface area contributed by atoms with E-state index in [2.05, 4.69) is 0 Å². The number of hydrogen-bond acceptors (Lipinski definition) is 3. The lowest BCUT2D eigenvalue weighted by atomic mass is 10.2. The molecule has 0 fully saturated rings. The average Bonchev–Trinajstić information content (AvgIpc) is 3.21. The number of amides is 2. The quantitative estimate of drug-likeness (QED) is 0.506. The molecule has 0 bridgehead atoms. The maximum atomic E-state index is 13.4. The molecule has 31 heavy (non-hydrogen) atoms. The lowest BCUT2D eigenvalue weighted by Crippen LogP contribution is -2.43. The second-order valence-corrected chi connectivity index (χ2v) is 7.43. The maximum absolute atomic E-state index is 13.4. The minimum atomic E-state index is -0.176. The molecule has 0 spiro atoms. The van der Waals surface area contributed by atoms with Crippen molar-refractivity contribution in [2.75, 3.05) is 26.8 Å². The van der Waals surface area contributed by atoms with Crippen molar-refractivity contribution in [3.8, 4) is 0 Å². The van der Waals surface area contributed by atoms with Crippen LogP contribution in [0.15, 0.2) is 79.0 Å². The number of ether oxygens (including phenoxy) is 1. The molecule has 6 nitrogen and oxygen atoms in total. The predicted octanol–water partition coefficient (Wildman–Crippen LogP) is 3.34. The normalized spacial score (nSPS) is 10.6. The van der Waals surface area contributed by atoms with E-state index >= 15 is 0 Å². The number of hydrogen-bond donors (Lipinski definition) is 0. The summed E-state index contributed by atoms with van der Waals surface area (Å²) in [4.78, 5) is 29.8. The van der Waals surface area contributed by atoms with Crippen molar-refractivity contribution in [3.63, 3.8) is 0 Å². The van der Waals surface area contributed by atoms with E-state index in [0.29, 0.717) is 31.8 Å². The number of rotatable bonds is 10. The van der Waals surface area contributed by atoms with Crippen LogP contribution in [0.25, 0.3) is 0 Å². The Morgan fingerprint density at radius 1 is 0.871 bits per heavy atom. The van der Waals surface area contributed by atoms with Gasteiger partial charge in [0.05, 0.1) is 13.2 Å². The Labute approximate surface area is 183 Å². The van der Waals surface area contributed by atoms with E-state index in [1.165, 1.54) is 0 Å². The predicted molar refractivity (Wildman–Crippen MR) is 120 cm³/mol. The molecule has 0 aliphatic rings. The fourth-order valence-electron chi connectivity index (χ4n) is 3.37. The lowest BCUT2D eigenvalue weighted by Gasteiger charge is -2.28. The molecule has 3 aromatic rings. The van der Waals surface area contributed by atoms with E-state index < -0.39 is 0 Å². The standard InChI is InChI=1S/C25H29N3O3/c1-26-15-9-14-23(26)19-28(18-21-10-5-3-6-11-21)24(29)20-27(16-17-31-2)25(30)22-12-7-4-8-13-22/h3-15H,16-20H2,1-2H3. The maximum Gasteiger partial charge on any atom is 0.254 e. The fraction of sp³-hybridized carbons (Fsp3) is 0.280. The minimum Gasteiger partial charge on any atom is -0.383 e. The minimum absolute atomic E-state index is 0.00561. The first-order chi connectivity index (χ1) is 15.1. The molecule has 0 radical (unpaired) electrons. The third kappa shape index (κ3) is 6.30. The van der Waals surface area contributed by atoms with Crippen molar-refractivity contribution in [1.82, 2.24) is 14.4 Å². The number of carbonyl (C=O) groups excluding carboxylic acids is 2. The highest BCUT2D eigenvalue weighted by molar-refractivity contribution is 5.96. The van der Waals surface area contributed by atoms with E-state index in [-0.39, 0.29) is 18.4 Å². The molecule has 0 N–H and O–H groups in total. The number of methoxy groups -OCH3 is 1. The summed E-state index contributed by atoms with van der Waals surface area (Å²) in [5.41, 5.74) is 2.63. The molecule has 1 aromatic heterocycles. The summed E-state index contributed by atoms with van der Waals surface area (Å²) in [5, 5.41) is 0. The summed E-state index contributed by atoms with van der Waals surface area (Å²) in [6.45, 7) is 1.65. The zero-order chi connectivity index (χ0) is 22.1. The average molecular weight is 420 g/mol. The van der Waals surface area contributed by atoms with Crippen molar-refractivity contribution in [1.29, 1.82) is 0 Å². The monoisotopic (exact) mass is 419 g/mol. The molecule has 2 aromatic carbocycles. The van der Waals surface area contributed by atoms with E-state index in [0.717, 1.165) is 11.3 Å². The lowest BCUT2D eigenvalue weighted by molar-refractivity contribution is -0.133. The van der Waals surface area contributed by atoms with Gasteiger partial charge in [-0.1, -0.05) is 48.5 Å². The van der Waals surface area contributed by atoms with Gasteiger partial charge in [0, 0.05) is 44.7 Å². The molecular weight excluding hydrogens is 390 g/mol. The van der Waals surface area contributed by atoms with Crippen LogP contribution >= 0.6 is 0 Å². The van der Waals surface area contributed by atoms with Crippen LogP contribution in [0.5, 0.6) is 0 Å². The van der Waals surface area contributed by atoms with Gasteiger partial charge in [0.2, 0.25) is 5.91 Å². The number of carbonyl (C=O) groups is 2. The second kappa shape index (κ2) is 11.1. The van der Waals surface area contributed by atoms with Gasteiger partial charge in [-0.3, -0.25) is 9.59 Å². The molecule has 0 atom stereocenters. The van der Waals surface area contributed by atoms with Gasteiger partial charge in [-0.2, -0.15) is 0 Å². The van der Waals surface area contributed by atoms with Crippen LogP contribution in [0.3, 0.4) is 0 Å². The van der Waals surface area contributed by atoms with Crippen LogP contribution in [0.1, 0.15) is 21.6 Å². The molecule has 0 aliphatic carbocycles. The Morgan fingerprint density at radius 3 is 2.16 bits per heavy atom. The van der Waals surface area contributed by atoms with Crippen molar-refractivity contribution < 1.29 is 14.3 Å². The third-order valence-electron chi connectivity index (χ3n) is 5.17. The van der Waals surface area contributed by atoms with Crippen molar-refractivity contribution in [3.05, 3.63) is 95.8 Å². The van der Waals surface area contributed by atoms with Gasteiger partial charge in [0.15, 0.2) is 0 Å². The van der Waals surface area contributed by atoms with Gasteiger partial charge in [0.25, 0.3) is 5.91 Å². The topological polar surface area (TPSA) is 54.8 Å². The molecule has 0 saturated heterocycles. The van der Waals surface area contributed by atoms with Gasteiger partial charge in [0.1, 0.15) is 6.54 Å². The van der Waals surface area contributed by atoms with Crippen LogP contribution in [-0.2, 0) is 29.7 Å². The number of aromatic nitrogens is 1. The number of aryl methyl sites for hydroxylation is 1. The van der Waals surface area contributed by atoms with Crippen LogP contribution < -0.4 is 0 Å². The summed E-state index contributed by atoms with van der Waals surface area (Å²) in [6.07, 6.45) is 1.96. The Kier molecular flexibility index (Phi) is 8.01. The highest BCUT2D eigenvalue weighted by Crippen LogP contribution is 2.13. The first kappa shape index (κ1) is 22.3. The number of nitrogens with zero attached hydrogens (tertiary/aromatic N) is 3. The highest BCUT2D eigenvalue weighted by Gasteiger charge is 2.23. The SMILES string of the molecule is COCCN(CC(=O)N(Cc1ccccc1)Cc1cccn1C)C(=O)c1ccccc1. The molecule has 6 heteroatoms. The summed E-state index contributed by atoms with van der Waals surface area (Å²) in [5.74, 6) is -0.282. The van der Waals surface area contributed by atoms with Crippen LogP contribution in [0, 0.1) is 0 Å². The van der Waals surface area contributed by atoms with Gasteiger partial charge >= 0.3 is 0 Å². The zero-order valence-electron chi connectivity index (χ0n) is 18.1. The van der Waals surface area contributed by atoms with E-state index in [4.69, 9.17) is 4.74 Å². The molecule has 0 unspecified atom stereocenters. The fourth-order valence-corrected chi connectivity index (χ4v) is 3.37.